The summed E-state index contributed by atoms with van der Waals surface area (Å²) in [5.74, 6) is 0.424. The number of aromatic carboxylic acids is 1. The summed E-state index contributed by atoms with van der Waals surface area (Å²) in [7, 11) is 0. The number of rotatable bonds is 10. The van der Waals surface area contributed by atoms with Crippen molar-refractivity contribution < 1.29 is 24.1 Å². The molecule has 0 radical (unpaired) electrons. The van der Waals surface area contributed by atoms with Gasteiger partial charge >= 0.3 is 5.97 Å². The van der Waals surface area contributed by atoms with Crippen LogP contribution in [0.15, 0.2) is 103 Å². The molecule has 1 aromatic heterocycles. The fourth-order valence-electron chi connectivity index (χ4n) is 4.41. The first-order valence-electron chi connectivity index (χ1n) is 12.7. The lowest BCUT2D eigenvalue weighted by Crippen LogP contribution is -2.08. The summed E-state index contributed by atoms with van der Waals surface area (Å²) in [6, 6.07) is 32.7. The first-order valence-corrected chi connectivity index (χ1v) is 12.7. The highest BCUT2D eigenvalue weighted by Crippen LogP contribution is 2.32. The molecular formula is C33H29NO5. The molecule has 1 unspecified atom stereocenters. The second-order valence-corrected chi connectivity index (χ2v) is 9.31. The zero-order valence-corrected chi connectivity index (χ0v) is 21.8. The van der Waals surface area contributed by atoms with Crippen molar-refractivity contribution in [2.24, 2.45) is 0 Å². The van der Waals surface area contributed by atoms with Gasteiger partial charge in [0.25, 0.3) is 0 Å². The number of nitrogens with zero attached hydrogens (tertiary/aromatic N) is 1. The Bertz CT molecular complexity index is 1600. The van der Waals surface area contributed by atoms with E-state index in [2.05, 4.69) is 4.98 Å². The van der Waals surface area contributed by atoms with Crippen molar-refractivity contribution in [3.63, 3.8) is 0 Å². The monoisotopic (exact) mass is 519 g/mol. The van der Waals surface area contributed by atoms with Crippen LogP contribution in [0.3, 0.4) is 0 Å². The zero-order valence-electron chi connectivity index (χ0n) is 21.8. The summed E-state index contributed by atoms with van der Waals surface area (Å²) in [6.45, 7) is 4.19. The maximum absolute atomic E-state index is 12.0. The van der Waals surface area contributed by atoms with Crippen LogP contribution in [0.1, 0.15) is 45.8 Å². The van der Waals surface area contributed by atoms with Gasteiger partial charge in [-0.05, 0) is 60.9 Å². The zero-order chi connectivity index (χ0) is 27.2. The quantitative estimate of drug-likeness (QED) is 0.205. The van der Waals surface area contributed by atoms with Crippen LogP contribution in [0.25, 0.3) is 10.9 Å². The molecule has 0 aliphatic heterocycles. The minimum absolute atomic E-state index is 0.115. The van der Waals surface area contributed by atoms with Gasteiger partial charge in [-0.2, -0.15) is 0 Å². The van der Waals surface area contributed by atoms with E-state index in [-0.39, 0.29) is 24.0 Å². The Morgan fingerprint density at radius 1 is 0.821 bits per heavy atom. The predicted molar refractivity (Wildman–Crippen MR) is 150 cm³/mol. The Hall–Kier alpha value is -4.84. The maximum Gasteiger partial charge on any atom is 0.339 e. The maximum atomic E-state index is 12.0. The lowest BCUT2D eigenvalue weighted by atomic mass is 10.1. The van der Waals surface area contributed by atoms with Crippen LogP contribution in [0.4, 0.5) is 0 Å². The number of fused-ring (bicyclic) bond motifs is 1. The molecule has 1 atom stereocenters. The van der Waals surface area contributed by atoms with E-state index in [1.54, 1.807) is 19.1 Å². The van der Waals surface area contributed by atoms with Gasteiger partial charge in [0.2, 0.25) is 0 Å². The Labute approximate surface area is 227 Å². The molecule has 6 heteroatoms. The van der Waals surface area contributed by atoms with Crippen LogP contribution < -0.4 is 14.2 Å². The Morgan fingerprint density at radius 2 is 1.62 bits per heavy atom. The molecule has 0 bridgehead atoms. The van der Waals surface area contributed by atoms with Gasteiger partial charge in [-0.3, -0.25) is 0 Å². The normalized spacial score (nSPS) is 11.6. The fraction of sp³-hybridized carbons (Fsp3) is 0.152. The van der Waals surface area contributed by atoms with E-state index in [0.717, 1.165) is 27.7 Å². The summed E-state index contributed by atoms with van der Waals surface area (Å²) >= 11 is 0. The van der Waals surface area contributed by atoms with Gasteiger partial charge in [0.05, 0.1) is 11.2 Å². The molecule has 0 saturated carbocycles. The number of aryl methyl sites for hydroxylation is 1. The molecule has 1 N–H and O–H groups in total. The Kier molecular flexibility index (Phi) is 7.73. The third kappa shape index (κ3) is 6.36. The smallest absolute Gasteiger partial charge is 0.339 e. The summed E-state index contributed by atoms with van der Waals surface area (Å²) in [5.41, 5.74) is 4.31. The molecule has 5 rings (SSSR count). The molecule has 6 nitrogen and oxygen atoms in total. The third-order valence-corrected chi connectivity index (χ3v) is 6.40. The van der Waals surface area contributed by atoms with Crippen molar-refractivity contribution in [1.82, 2.24) is 4.98 Å². The van der Waals surface area contributed by atoms with Crippen LogP contribution in [-0.2, 0) is 13.2 Å². The van der Waals surface area contributed by atoms with Crippen molar-refractivity contribution >= 4 is 16.9 Å². The van der Waals surface area contributed by atoms with Crippen molar-refractivity contribution in [2.75, 3.05) is 0 Å². The van der Waals surface area contributed by atoms with Crippen LogP contribution in [0, 0.1) is 6.92 Å². The van der Waals surface area contributed by atoms with Crippen LogP contribution >= 0.6 is 0 Å². The SMILES string of the molecule is Cc1cc(OC(C)c2ccccc2)cc(OCc2cccc(OCc3ccc4ccccc4n3)c2)c1C(=O)O. The summed E-state index contributed by atoms with van der Waals surface area (Å²) in [5, 5.41) is 10.9. The van der Waals surface area contributed by atoms with E-state index in [1.165, 1.54) is 0 Å². The molecule has 0 aliphatic carbocycles. The molecule has 0 fully saturated rings. The van der Waals surface area contributed by atoms with Gasteiger partial charge in [0, 0.05) is 11.5 Å². The Morgan fingerprint density at radius 3 is 2.44 bits per heavy atom. The molecule has 39 heavy (non-hydrogen) atoms. The second-order valence-electron chi connectivity index (χ2n) is 9.31. The number of hydrogen-bond acceptors (Lipinski definition) is 5. The van der Waals surface area contributed by atoms with E-state index < -0.39 is 5.97 Å². The average molecular weight is 520 g/mol. The molecule has 0 aliphatic rings. The summed E-state index contributed by atoms with van der Waals surface area (Å²) < 4.78 is 18.1. The first-order chi connectivity index (χ1) is 19.0. The lowest BCUT2D eigenvalue weighted by Gasteiger charge is -2.18. The largest absolute Gasteiger partial charge is 0.488 e. The number of para-hydroxylation sites is 1. The third-order valence-electron chi connectivity index (χ3n) is 6.40. The lowest BCUT2D eigenvalue weighted by molar-refractivity contribution is 0.0690. The van der Waals surface area contributed by atoms with Crippen molar-refractivity contribution in [2.45, 2.75) is 33.2 Å². The highest BCUT2D eigenvalue weighted by molar-refractivity contribution is 5.93. The van der Waals surface area contributed by atoms with E-state index in [4.69, 9.17) is 14.2 Å². The second kappa shape index (κ2) is 11.7. The number of pyridine rings is 1. The standard InChI is InChI=1S/C33H29NO5/c1-22-17-29(39-23(2)25-10-4-3-5-11-25)19-31(32(22)33(35)36)38-20-24-9-8-13-28(18-24)37-21-27-16-15-26-12-6-7-14-30(26)34-27/h3-19,23H,20-21H2,1-2H3,(H,35,36). The van der Waals surface area contributed by atoms with Crippen molar-refractivity contribution in [3.05, 3.63) is 131 Å². The molecule has 0 spiro atoms. The molecule has 0 saturated heterocycles. The highest BCUT2D eigenvalue weighted by atomic mass is 16.5. The number of ether oxygens (including phenoxy) is 3. The van der Waals surface area contributed by atoms with Gasteiger partial charge in [0.15, 0.2) is 0 Å². The molecule has 0 amide bonds. The number of carboxylic acids is 1. The van der Waals surface area contributed by atoms with Gasteiger partial charge in [-0.15, -0.1) is 0 Å². The van der Waals surface area contributed by atoms with E-state index in [1.807, 2.05) is 97.9 Å². The van der Waals surface area contributed by atoms with E-state index >= 15 is 0 Å². The number of benzene rings is 4. The number of aromatic nitrogens is 1. The number of carboxylic acid groups (broad SMARTS) is 1. The molecule has 5 aromatic rings. The molecule has 196 valence electrons. The molecule has 1 heterocycles. The van der Waals surface area contributed by atoms with E-state index in [0.29, 0.717) is 23.7 Å². The van der Waals surface area contributed by atoms with Gasteiger partial charge in [-0.1, -0.05) is 66.7 Å². The topological polar surface area (TPSA) is 77.9 Å². The van der Waals surface area contributed by atoms with Crippen molar-refractivity contribution in [1.29, 1.82) is 0 Å². The fourth-order valence-corrected chi connectivity index (χ4v) is 4.41. The molecule has 4 aromatic carbocycles. The van der Waals surface area contributed by atoms with Crippen LogP contribution in [0.2, 0.25) is 0 Å². The van der Waals surface area contributed by atoms with Crippen LogP contribution in [0.5, 0.6) is 17.2 Å². The Balaban J connectivity index is 1.28. The van der Waals surface area contributed by atoms with Gasteiger partial charge in [0.1, 0.15) is 42.1 Å². The number of carbonyl (C=O) groups is 1. The van der Waals surface area contributed by atoms with Crippen LogP contribution in [-0.4, -0.2) is 16.1 Å². The van der Waals surface area contributed by atoms with Gasteiger partial charge < -0.3 is 19.3 Å². The average Bonchev–Trinajstić information content (AvgIpc) is 2.95. The van der Waals surface area contributed by atoms with E-state index in [9.17, 15) is 9.90 Å². The summed E-state index contributed by atoms with van der Waals surface area (Å²) in [4.78, 5) is 16.7. The summed E-state index contributed by atoms with van der Waals surface area (Å²) in [6.07, 6.45) is -0.208. The minimum Gasteiger partial charge on any atom is -0.488 e. The molecular weight excluding hydrogens is 490 g/mol. The first kappa shape index (κ1) is 25.8. The predicted octanol–water partition coefficient (Wildman–Crippen LogP) is 7.54. The van der Waals surface area contributed by atoms with Crippen molar-refractivity contribution in [3.8, 4) is 17.2 Å². The minimum atomic E-state index is -1.05. The number of hydrogen-bond donors (Lipinski definition) is 1. The van der Waals surface area contributed by atoms with Gasteiger partial charge in [-0.25, -0.2) is 9.78 Å². The highest BCUT2D eigenvalue weighted by Gasteiger charge is 2.18.